The molecule has 0 saturated heterocycles. The predicted molar refractivity (Wildman–Crippen MR) is 57.9 cm³/mol. The van der Waals surface area contributed by atoms with E-state index in [1.54, 1.807) is 24.3 Å². The third-order valence-electron chi connectivity index (χ3n) is 1.69. The summed E-state index contributed by atoms with van der Waals surface area (Å²) in [5, 5.41) is 0. The first-order valence-corrected chi connectivity index (χ1v) is 4.77. The molecule has 4 heteroatoms. The van der Waals surface area contributed by atoms with Crippen LogP contribution in [0.1, 0.15) is 6.42 Å². The van der Waals surface area contributed by atoms with Crippen molar-refractivity contribution < 1.29 is 19.1 Å². The number of rotatable bonds is 5. The summed E-state index contributed by atoms with van der Waals surface area (Å²) in [6.07, 6.45) is 1.07. The number of hydrogen-bond acceptors (Lipinski definition) is 4. The molecule has 0 bridgehead atoms. The summed E-state index contributed by atoms with van der Waals surface area (Å²) in [4.78, 5) is 21.9. The average molecular weight is 220 g/mol. The van der Waals surface area contributed by atoms with Gasteiger partial charge in [-0.1, -0.05) is 24.8 Å². The van der Waals surface area contributed by atoms with Crippen LogP contribution in [0, 0.1) is 0 Å². The van der Waals surface area contributed by atoms with Gasteiger partial charge in [-0.25, -0.2) is 4.79 Å². The lowest BCUT2D eigenvalue weighted by atomic mass is 10.3. The molecule has 0 aliphatic rings. The van der Waals surface area contributed by atoms with Crippen LogP contribution in [-0.2, 0) is 14.3 Å². The van der Waals surface area contributed by atoms with E-state index < -0.39 is 11.9 Å². The third kappa shape index (κ3) is 4.41. The van der Waals surface area contributed by atoms with Crippen molar-refractivity contribution in [1.82, 2.24) is 0 Å². The number of benzene rings is 1. The van der Waals surface area contributed by atoms with Gasteiger partial charge < -0.3 is 9.47 Å². The fraction of sp³-hybridized carbons (Fsp3) is 0.167. The molecule has 4 nitrogen and oxygen atoms in total. The first-order valence-electron chi connectivity index (χ1n) is 4.77. The molecular formula is C12H12O4. The van der Waals surface area contributed by atoms with Gasteiger partial charge >= 0.3 is 11.9 Å². The van der Waals surface area contributed by atoms with Crippen molar-refractivity contribution in [1.29, 1.82) is 0 Å². The minimum Gasteiger partial charge on any atom is -0.462 e. The minimum absolute atomic E-state index is 0.00345. The molecule has 0 unspecified atom stereocenters. The molecule has 1 aromatic rings. The number of esters is 2. The zero-order valence-electron chi connectivity index (χ0n) is 8.72. The summed E-state index contributed by atoms with van der Waals surface area (Å²) in [6.45, 7) is 3.23. The standard InChI is InChI=1S/C12H12O4/c1-2-11(13)15-9-8-12(14)16-10-6-4-3-5-7-10/h2-7H,1,8-9H2. The Morgan fingerprint density at radius 2 is 1.94 bits per heavy atom. The van der Waals surface area contributed by atoms with Gasteiger partial charge in [0.05, 0.1) is 6.42 Å². The van der Waals surface area contributed by atoms with E-state index in [-0.39, 0.29) is 13.0 Å². The Morgan fingerprint density at radius 1 is 1.25 bits per heavy atom. The smallest absolute Gasteiger partial charge is 0.330 e. The molecular weight excluding hydrogens is 208 g/mol. The van der Waals surface area contributed by atoms with Gasteiger partial charge in [0.1, 0.15) is 12.4 Å². The van der Waals surface area contributed by atoms with Crippen molar-refractivity contribution in [3.8, 4) is 5.75 Å². The Labute approximate surface area is 93.5 Å². The number of carbonyl (C=O) groups excluding carboxylic acids is 2. The van der Waals surface area contributed by atoms with Gasteiger partial charge in [0.15, 0.2) is 0 Å². The lowest BCUT2D eigenvalue weighted by molar-refractivity contribution is -0.141. The second kappa shape index (κ2) is 6.40. The maximum Gasteiger partial charge on any atom is 0.330 e. The van der Waals surface area contributed by atoms with Crippen molar-refractivity contribution in [3.63, 3.8) is 0 Å². The van der Waals surface area contributed by atoms with Crippen LogP contribution < -0.4 is 4.74 Å². The number of ether oxygens (including phenoxy) is 2. The molecule has 0 fully saturated rings. The van der Waals surface area contributed by atoms with Gasteiger partial charge in [0.25, 0.3) is 0 Å². The second-order valence-corrected chi connectivity index (χ2v) is 2.91. The number of hydrogen-bond donors (Lipinski definition) is 0. The fourth-order valence-electron chi connectivity index (χ4n) is 0.965. The zero-order valence-corrected chi connectivity index (χ0v) is 8.72. The van der Waals surface area contributed by atoms with E-state index in [0.717, 1.165) is 6.08 Å². The van der Waals surface area contributed by atoms with Crippen LogP contribution in [0.15, 0.2) is 43.0 Å². The van der Waals surface area contributed by atoms with Crippen molar-refractivity contribution in [2.75, 3.05) is 6.61 Å². The van der Waals surface area contributed by atoms with Gasteiger partial charge in [-0.3, -0.25) is 4.79 Å². The molecule has 0 aromatic heterocycles. The highest BCUT2D eigenvalue weighted by atomic mass is 16.5. The number of para-hydroxylation sites is 1. The molecule has 1 rings (SSSR count). The Bertz CT molecular complexity index is 370. The van der Waals surface area contributed by atoms with E-state index in [0.29, 0.717) is 5.75 Å². The Balaban J connectivity index is 2.26. The lowest BCUT2D eigenvalue weighted by Gasteiger charge is -2.03. The predicted octanol–water partition coefficient (Wildman–Crippen LogP) is 1.71. The first kappa shape index (κ1) is 12.0. The summed E-state index contributed by atoms with van der Waals surface area (Å²) >= 11 is 0. The Morgan fingerprint density at radius 3 is 2.56 bits per heavy atom. The maximum absolute atomic E-state index is 11.2. The molecule has 0 aliphatic heterocycles. The SMILES string of the molecule is C=CC(=O)OCCC(=O)Oc1ccccc1. The van der Waals surface area contributed by atoms with Crippen molar-refractivity contribution in [2.45, 2.75) is 6.42 Å². The van der Waals surface area contributed by atoms with Crippen molar-refractivity contribution in [2.24, 2.45) is 0 Å². The normalized spacial score (nSPS) is 9.25. The van der Waals surface area contributed by atoms with Crippen LogP contribution in [0.25, 0.3) is 0 Å². The van der Waals surface area contributed by atoms with Crippen LogP contribution in [0.2, 0.25) is 0 Å². The highest BCUT2D eigenvalue weighted by Crippen LogP contribution is 2.08. The summed E-state index contributed by atoms with van der Waals surface area (Å²) in [6, 6.07) is 8.70. The topological polar surface area (TPSA) is 52.6 Å². The lowest BCUT2D eigenvalue weighted by Crippen LogP contribution is -2.12. The molecule has 0 amide bonds. The average Bonchev–Trinajstić information content (AvgIpc) is 2.30. The molecule has 0 atom stereocenters. The fourth-order valence-corrected chi connectivity index (χ4v) is 0.965. The van der Waals surface area contributed by atoms with E-state index in [1.807, 2.05) is 6.07 Å². The van der Waals surface area contributed by atoms with Crippen LogP contribution >= 0.6 is 0 Å². The largest absolute Gasteiger partial charge is 0.462 e. The van der Waals surface area contributed by atoms with Gasteiger partial charge in [-0.15, -0.1) is 0 Å². The maximum atomic E-state index is 11.2. The van der Waals surface area contributed by atoms with E-state index in [2.05, 4.69) is 11.3 Å². The van der Waals surface area contributed by atoms with Gasteiger partial charge in [-0.05, 0) is 12.1 Å². The zero-order chi connectivity index (χ0) is 11.8. The van der Waals surface area contributed by atoms with Gasteiger partial charge in [0, 0.05) is 6.08 Å². The summed E-state index contributed by atoms with van der Waals surface area (Å²) < 4.78 is 9.62. The van der Waals surface area contributed by atoms with E-state index in [1.165, 1.54) is 0 Å². The van der Waals surface area contributed by atoms with Crippen LogP contribution in [-0.4, -0.2) is 18.5 Å². The minimum atomic E-state index is -0.549. The van der Waals surface area contributed by atoms with Gasteiger partial charge in [0.2, 0.25) is 0 Å². The van der Waals surface area contributed by atoms with E-state index in [4.69, 9.17) is 4.74 Å². The van der Waals surface area contributed by atoms with Gasteiger partial charge in [-0.2, -0.15) is 0 Å². The molecule has 0 radical (unpaired) electrons. The van der Waals surface area contributed by atoms with Crippen LogP contribution in [0.4, 0.5) is 0 Å². The van der Waals surface area contributed by atoms with E-state index >= 15 is 0 Å². The quantitative estimate of drug-likeness (QED) is 0.430. The summed E-state index contributed by atoms with van der Waals surface area (Å²) in [7, 11) is 0. The monoisotopic (exact) mass is 220 g/mol. The van der Waals surface area contributed by atoms with Crippen LogP contribution in [0.5, 0.6) is 5.75 Å². The molecule has 0 aliphatic carbocycles. The van der Waals surface area contributed by atoms with Crippen LogP contribution in [0.3, 0.4) is 0 Å². The van der Waals surface area contributed by atoms with Crippen molar-refractivity contribution >= 4 is 11.9 Å². The Kier molecular flexibility index (Phi) is 4.79. The molecule has 0 N–H and O–H groups in total. The summed E-state index contributed by atoms with van der Waals surface area (Å²) in [5.74, 6) is -0.516. The highest BCUT2D eigenvalue weighted by molar-refractivity contribution is 5.81. The summed E-state index contributed by atoms with van der Waals surface area (Å²) in [5.41, 5.74) is 0. The molecule has 16 heavy (non-hydrogen) atoms. The molecule has 84 valence electrons. The van der Waals surface area contributed by atoms with E-state index in [9.17, 15) is 9.59 Å². The first-order chi connectivity index (χ1) is 7.72. The van der Waals surface area contributed by atoms with Crippen molar-refractivity contribution in [3.05, 3.63) is 43.0 Å². The molecule has 0 spiro atoms. The number of carbonyl (C=O) groups is 2. The molecule has 0 saturated carbocycles. The Hall–Kier alpha value is -2.10. The highest BCUT2D eigenvalue weighted by Gasteiger charge is 2.05. The molecule has 1 aromatic carbocycles. The second-order valence-electron chi connectivity index (χ2n) is 2.91. The third-order valence-corrected chi connectivity index (χ3v) is 1.69. The molecule has 0 heterocycles.